The fourth-order valence-corrected chi connectivity index (χ4v) is 2.89. The molecule has 0 aliphatic carbocycles. The van der Waals surface area contributed by atoms with Crippen LogP contribution in [0.4, 0.5) is 8.78 Å². The Morgan fingerprint density at radius 3 is 2.43 bits per heavy atom. The van der Waals surface area contributed by atoms with Crippen LogP contribution in [0.15, 0.2) is 18.2 Å². The maximum Gasteiger partial charge on any atom is 0.163 e. The molecule has 0 bridgehead atoms. The largest absolute Gasteiger partial charge is 0.313 e. The highest BCUT2D eigenvalue weighted by molar-refractivity contribution is 5.22. The molecular weight excluding hydrogens is 272 g/mol. The first-order valence-electron chi connectivity index (χ1n) is 7.71. The molecule has 0 aromatic heterocycles. The molecule has 3 nitrogen and oxygen atoms in total. The molecule has 1 unspecified atom stereocenters. The zero-order valence-electron chi connectivity index (χ0n) is 12.9. The van der Waals surface area contributed by atoms with Gasteiger partial charge in [-0.15, -0.1) is 0 Å². The minimum Gasteiger partial charge on any atom is -0.313 e. The van der Waals surface area contributed by atoms with Crippen molar-refractivity contribution in [3.63, 3.8) is 0 Å². The molecule has 1 atom stereocenters. The van der Waals surface area contributed by atoms with Crippen molar-refractivity contribution in [2.24, 2.45) is 0 Å². The Morgan fingerprint density at radius 2 is 1.81 bits per heavy atom. The average molecular weight is 297 g/mol. The van der Waals surface area contributed by atoms with Crippen LogP contribution in [0.1, 0.15) is 24.9 Å². The minimum absolute atomic E-state index is 0.148. The second-order valence-corrected chi connectivity index (χ2v) is 5.55. The molecule has 1 saturated heterocycles. The van der Waals surface area contributed by atoms with E-state index in [0.29, 0.717) is 5.56 Å². The fourth-order valence-electron chi connectivity index (χ4n) is 2.89. The normalized spacial score (nSPS) is 18.9. The molecule has 0 radical (unpaired) electrons. The summed E-state index contributed by atoms with van der Waals surface area (Å²) in [6.45, 7) is 8.47. The summed E-state index contributed by atoms with van der Waals surface area (Å²) in [5.41, 5.74) is 0.421. The third-order valence-corrected chi connectivity index (χ3v) is 4.35. The van der Waals surface area contributed by atoms with Crippen molar-refractivity contribution < 1.29 is 8.78 Å². The Labute approximate surface area is 125 Å². The van der Waals surface area contributed by atoms with Gasteiger partial charge in [0, 0.05) is 44.3 Å². The molecule has 1 N–H and O–H groups in total. The van der Waals surface area contributed by atoms with Crippen LogP contribution < -0.4 is 5.32 Å². The maximum atomic E-state index is 13.9. The first kappa shape index (κ1) is 16.3. The van der Waals surface area contributed by atoms with E-state index in [4.69, 9.17) is 0 Å². The summed E-state index contributed by atoms with van der Waals surface area (Å²) >= 11 is 0. The number of halogens is 2. The summed E-state index contributed by atoms with van der Waals surface area (Å²) in [6.07, 6.45) is 0.781. The molecule has 2 rings (SSSR count). The third kappa shape index (κ3) is 4.22. The Bertz CT molecular complexity index is 445. The van der Waals surface area contributed by atoms with Crippen LogP contribution in [0, 0.1) is 11.6 Å². The number of benzene rings is 1. The van der Waals surface area contributed by atoms with Crippen molar-refractivity contribution in [3.8, 4) is 0 Å². The average Bonchev–Trinajstić information content (AvgIpc) is 2.52. The minimum atomic E-state index is -0.774. The number of nitrogens with zero attached hydrogens (tertiary/aromatic N) is 2. The predicted molar refractivity (Wildman–Crippen MR) is 81.3 cm³/mol. The number of likely N-dealkylation sites (N-methyl/N-ethyl adjacent to an activating group) is 1. The molecule has 118 valence electrons. The Morgan fingerprint density at radius 1 is 1.14 bits per heavy atom. The van der Waals surface area contributed by atoms with Gasteiger partial charge in [0.2, 0.25) is 0 Å². The molecule has 21 heavy (non-hydrogen) atoms. The van der Waals surface area contributed by atoms with E-state index in [1.54, 1.807) is 19.2 Å². The zero-order valence-corrected chi connectivity index (χ0v) is 12.9. The van der Waals surface area contributed by atoms with Gasteiger partial charge in [0.05, 0.1) is 0 Å². The summed E-state index contributed by atoms with van der Waals surface area (Å²) in [7, 11) is 1.80. The first-order valence-corrected chi connectivity index (χ1v) is 7.71. The maximum absolute atomic E-state index is 13.9. The van der Waals surface area contributed by atoms with Gasteiger partial charge >= 0.3 is 0 Å². The standard InChI is InChI=1S/C16H25F2N3/c1-3-20-9-11-21(12-10-20)8-7-15(19-2)13-5-4-6-14(17)16(13)18/h4-6,15,19H,3,7-12H2,1-2H3. The summed E-state index contributed by atoms with van der Waals surface area (Å²) in [5.74, 6) is -1.50. The Balaban J connectivity index is 1.90. The molecular formula is C16H25F2N3. The van der Waals surface area contributed by atoms with Gasteiger partial charge in [0.15, 0.2) is 11.6 Å². The van der Waals surface area contributed by atoms with Crippen molar-refractivity contribution in [2.45, 2.75) is 19.4 Å². The lowest BCUT2D eigenvalue weighted by Crippen LogP contribution is -2.46. The number of hydrogen-bond acceptors (Lipinski definition) is 3. The second-order valence-electron chi connectivity index (χ2n) is 5.55. The highest BCUT2D eigenvalue weighted by Crippen LogP contribution is 2.22. The quantitative estimate of drug-likeness (QED) is 0.869. The predicted octanol–water partition coefficient (Wildman–Crippen LogP) is 2.25. The van der Waals surface area contributed by atoms with Gasteiger partial charge in [0.1, 0.15) is 0 Å². The van der Waals surface area contributed by atoms with Gasteiger partial charge in [0.25, 0.3) is 0 Å². The van der Waals surface area contributed by atoms with E-state index in [2.05, 4.69) is 22.0 Å². The number of nitrogens with one attached hydrogen (secondary N) is 1. The SMILES string of the molecule is CCN1CCN(CCC(NC)c2cccc(F)c2F)CC1. The van der Waals surface area contributed by atoms with E-state index >= 15 is 0 Å². The van der Waals surface area contributed by atoms with E-state index in [0.717, 1.165) is 51.8 Å². The van der Waals surface area contributed by atoms with Gasteiger partial charge in [-0.1, -0.05) is 19.1 Å². The van der Waals surface area contributed by atoms with E-state index in [1.165, 1.54) is 0 Å². The lowest BCUT2D eigenvalue weighted by Gasteiger charge is -2.34. The van der Waals surface area contributed by atoms with Crippen molar-refractivity contribution in [3.05, 3.63) is 35.4 Å². The molecule has 0 amide bonds. The zero-order chi connectivity index (χ0) is 15.2. The summed E-state index contributed by atoms with van der Waals surface area (Å²) in [4.78, 5) is 4.83. The van der Waals surface area contributed by atoms with Gasteiger partial charge in [-0.2, -0.15) is 0 Å². The van der Waals surface area contributed by atoms with Crippen LogP contribution in [-0.2, 0) is 0 Å². The van der Waals surface area contributed by atoms with Gasteiger partial charge in [-0.25, -0.2) is 8.78 Å². The van der Waals surface area contributed by atoms with Crippen LogP contribution in [0.3, 0.4) is 0 Å². The summed E-state index contributed by atoms with van der Waals surface area (Å²) < 4.78 is 27.2. The van der Waals surface area contributed by atoms with Crippen LogP contribution in [0.25, 0.3) is 0 Å². The van der Waals surface area contributed by atoms with Gasteiger partial charge in [-0.05, 0) is 26.1 Å². The second kappa shape index (κ2) is 7.82. The van der Waals surface area contributed by atoms with E-state index < -0.39 is 11.6 Å². The van der Waals surface area contributed by atoms with Crippen molar-refractivity contribution in [1.29, 1.82) is 0 Å². The Kier molecular flexibility index (Phi) is 6.08. The fraction of sp³-hybridized carbons (Fsp3) is 0.625. The topological polar surface area (TPSA) is 18.5 Å². The smallest absolute Gasteiger partial charge is 0.163 e. The van der Waals surface area contributed by atoms with E-state index in [9.17, 15) is 8.78 Å². The van der Waals surface area contributed by atoms with Crippen LogP contribution in [0.2, 0.25) is 0 Å². The lowest BCUT2D eigenvalue weighted by molar-refractivity contribution is 0.133. The van der Waals surface area contributed by atoms with Gasteiger partial charge in [-0.3, -0.25) is 0 Å². The lowest BCUT2D eigenvalue weighted by atomic mass is 10.0. The number of hydrogen-bond donors (Lipinski definition) is 1. The number of piperazine rings is 1. The van der Waals surface area contributed by atoms with Crippen LogP contribution in [-0.4, -0.2) is 56.1 Å². The molecule has 1 aliphatic heterocycles. The highest BCUT2D eigenvalue weighted by atomic mass is 19.2. The van der Waals surface area contributed by atoms with Crippen molar-refractivity contribution >= 4 is 0 Å². The Hall–Kier alpha value is -1.04. The first-order chi connectivity index (χ1) is 10.2. The summed E-state index contributed by atoms with van der Waals surface area (Å²) in [6, 6.07) is 4.24. The molecule has 0 spiro atoms. The summed E-state index contributed by atoms with van der Waals surface area (Å²) in [5, 5.41) is 3.10. The van der Waals surface area contributed by atoms with Gasteiger partial charge < -0.3 is 15.1 Å². The van der Waals surface area contributed by atoms with Crippen LogP contribution >= 0.6 is 0 Å². The molecule has 5 heteroatoms. The molecule has 1 aromatic carbocycles. The monoisotopic (exact) mass is 297 g/mol. The molecule has 0 saturated carbocycles. The third-order valence-electron chi connectivity index (χ3n) is 4.35. The molecule has 1 heterocycles. The van der Waals surface area contributed by atoms with Crippen LogP contribution in [0.5, 0.6) is 0 Å². The molecule has 1 aliphatic rings. The number of rotatable bonds is 6. The molecule has 1 fully saturated rings. The van der Waals surface area contributed by atoms with E-state index in [-0.39, 0.29) is 6.04 Å². The van der Waals surface area contributed by atoms with E-state index in [1.807, 2.05) is 0 Å². The van der Waals surface area contributed by atoms with Crippen molar-refractivity contribution in [2.75, 3.05) is 46.3 Å². The highest BCUT2D eigenvalue weighted by Gasteiger charge is 2.20. The molecule has 1 aromatic rings. The van der Waals surface area contributed by atoms with Crippen molar-refractivity contribution in [1.82, 2.24) is 15.1 Å².